The predicted octanol–water partition coefficient (Wildman–Crippen LogP) is 3.74. The molecule has 9 nitrogen and oxygen atoms in total. The van der Waals surface area contributed by atoms with Crippen LogP contribution in [0.4, 0.5) is 4.79 Å². The number of benzene rings is 2. The first-order chi connectivity index (χ1) is 16.9. The topological polar surface area (TPSA) is 103 Å². The number of carbonyl (C=O) groups is 3. The lowest BCUT2D eigenvalue weighted by Crippen LogP contribution is -2.37. The molecule has 2 aromatic rings. The Balaban J connectivity index is 1.62. The highest BCUT2D eigenvalue weighted by molar-refractivity contribution is 8.18. The molecule has 1 aliphatic heterocycles. The molecule has 0 radical (unpaired) electrons. The van der Waals surface area contributed by atoms with E-state index in [9.17, 15) is 14.4 Å². The van der Waals surface area contributed by atoms with E-state index >= 15 is 0 Å². The molecule has 0 bridgehead atoms. The molecule has 0 atom stereocenters. The maximum Gasteiger partial charge on any atom is 0.293 e. The molecule has 1 fully saturated rings. The van der Waals surface area contributed by atoms with Gasteiger partial charge < -0.3 is 24.3 Å². The quantitative estimate of drug-likeness (QED) is 0.369. The van der Waals surface area contributed by atoms with Crippen molar-refractivity contribution in [2.45, 2.75) is 0 Å². The molecule has 0 spiro atoms. The van der Waals surface area contributed by atoms with E-state index in [4.69, 9.17) is 18.9 Å². The van der Waals surface area contributed by atoms with Crippen molar-refractivity contribution in [3.05, 3.63) is 65.1 Å². The molecular weight excluding hydrogens is 472 g/mol. The molecular formula is C25H26N2O7S. The molecule has 0 saturated carbocycles. The highest BCUT2D eigenvalue weighted by atomic mass is 32.2. The molecule has 1 heterocycles. The summed E-state index contributed by atoms with van der Waals surface area (Å²) in [7, 11) is 4.49. The third-order valence-corrected chi connectivity index (χ3v) is 5.87. The van der Waals surface area contributed by atoms with E-state index < -0.39 is 11.1 Å². The minimum atomic E-state index is -0.438. The van der Waals surface area contributed by atoms with Gasteiger partial charge in [-0.2, -0.15) is 0 Å². The van der Waals surface area contributed by atoms with Crippen molar-refractivity contribution in [2.75, 3.05) is 41.0 Å². The highest BCUT2D eigenvalue weighted by Gasteiger charge is 2.34. The zero-order valence-corrected chi connectivity index (χ0v) is 20.5. The van der Waals surface area contributed by atoms with Gasteiger partial charge in [0.2, 0.25) is 5.75 Å². The number of nitrogens with zero attached hydrogens (tertiary/aromatic N) is 1. The average Bonchev–Trinajstić information content (AvgIpc) is 3.14. The van der Waals surface area contributed by atoms with Gasteiger partial charge in [-0.3, -0.25) is 19.3 Å². The predicted molar refractivity (Wildman–Crippen MR) is 133 cm³/mol. The molecule has 0 unspecified atom stereocenters. The number of hydrogen-bond acceptors (Lipinski definition) is 8. The number of nitrogens with one attached hydrogen (secondary N) is 1. The Hall–Kier alpha value is -3.92. The monoisotopic (exact) mass is 498 g/mol. The SMILES string of the molecule is C=CCOc1ccc(C(=O)NCCN2C(=O)S/C(=C\c3cc(OC)c(OC)c(OC)c3)C2=O)cc1. The zero-order chi connectivity index (χ0) is 25.4. The number of ether oxygens (including phenoxy) is 4. The number of rotatable bonds is 11. The second kappa shape index (κ2) is 12.0. The maximum absolute atomic E-state index is 12.8. The fourth-order valence-electron chi connectivity index (χ4n) is 3.27. The summed E-state index contributed by atoms with van der Waals surface area (Å²) in [6.07, 6.45) is 3.22. The van der Waals surface area contributed by atoms with E-state index in [1.165, 1.54) is 21.3 Å². The Kier molecular flexibility index (Phi) is 8.80. The number of hydrogen-bond donors (Lipinski definition) is 1. The third-order valence-electron chi connectivity index (χ3n) is 4.96. The molecule has 10 heteroatoms. The van der Waals surface area contributed by atoms with Crippen molar-refractivity contribution in [3.63, 3.8) is 0 Å². The fourth-order valence-corrected chi connectivity index (χ4v) is 4.13. The summed E-state index contributed by atoms with van der Waals surface area (Å²) < 4.78 is 21.4. The first-order valence-corrected chi connectivity index (χ1v) is 11.4. The van der Waals surface area contributed by atoms with E-state index in [-0.39, 0.29) is 23.9 Å². The average molecular weight is 499 g/mol. The van der Waals surface area contributed by atoms with Crippen molar-refractivity contribution in [1.29, 1.82) is 0 Å². The highest BCUT2D eigenvalue weighted by Crippen LogP contribution is 2.40. The number of imide groups is 1. The maximum atomic E-state index is 12.8. The Morgan fingerprint density at radius 1 is 1.06 bits per heavy atom. The van der Waals surface area contributed by atoms with Crippen molar-refractivity contribution < 1.29 is 33.3 Å². The minimum Gasteiger partial charge on any atom is -0.493 e. The van der Waals surface area contributed by atoms with Crippen molar-refractivity contribution in [2.24, 2.45) is 0 Å². The summed E-state index contributed by atoms with van der Waals surface area (Å²) in [6.45, 7) is 4.12. The van der Waals surface area contributed by atoms with Crippen LogP contribution in [0.5, 0.6) is 23.0 Å². The molecule has 35 heavy (non-hydrogen) atoms. The van der Waals surface area contributed by atoms with Gasteiger partial charge in [0.1, 0.15) is 12.4 Å². The molecule has 1 saturated heterocycles. The number of amides is 3. The van der Waals surface area contributed by atoms with Crippen LogP contribution in [0.25, 0.3) is 6.08 Å². The van der Waals surface area contributed by atoms with Crippen LogP contribution in [-0.2, 0) is 4.79 Å². The summed E-state index contributed by atoms with van der Waals surface area (Å²) in [6, 6.07) is 10.0. The Bertz CT molecular complexity index is 1120. The summed E-state index contributed by atoms with van der Waals surface area (Å²) in [4.78, 5) is 39.0. The van der Waals surface area contributed by atoms with E-state index in [1.807, 2.05) is 0 Å². The molecule has 3 rings (SSSR count). The largest absolute Gasteiger partial charge is 0.493 e. The minimum absolute atomic E-state index is 0.0452. The second-order valence-electron chi connectivity index (χ2n) is 7.17. The normalized spacial score (nSPS) is 14.1. The lowest BCUT2D eigenvalue weighted by Gasteiger charge is -2.14. The van der Waals surface area contributed by atoms with Crippen LogP contribution in [0.1, 0.15) is 15.9 Å². The van der Waals surface area contributed by atoms with Crippen molar-refractivity contribution in [1.82, 2.24) is 10.2 Å². The Labute approximate surface area is 207 Å². The number of thioether (sulfide) groups is 1. The molecule has 1 N–H and O–H groups in total. The molecule has 0 aromatic heterocycles. The van der Waals surface area contributed by atoms with E-state index in [0.29, 0.717) is 40.7 Å². The second-order valence-corrected chi connectivity index (χ2v) is 8.17. The summed E-state index contributed by atoms with van der Waals surface area (Å²) in [5.74, 6) is 1.15. The molecule has 184 valence electrons. The summed E-state index contributed by atoms with van der Waals surface area (Å²) in [5, 5.41) is 2.31. The van der Waals surface area contributed by atoms with Crippen LogP contribution >= 0.6 is 11.8 Å². The molecule has 3 amide bonds. The lowest BCUT2D eigenvalue weighted by atomic mass is 10.1. The summed E-state index contributed by atoms with van der Waals surface area (Å²) in [5.41, 5.74) is 1.05. The van der Waals surface area contributed by atoms with Crippen LogP contribution in [0.3, 0.4) is 0 Å². The van der Waals surface area contributed by atoms with Gasteiger partial charge in [-0.25, -0.2) is 0 Å². The fraction of sp³-hybridized carbons (Fsp3) is 0.240. The number of methoxy groups -OCH3 is 3. The smallest absolute Gasteiger partial charge is 0.293 e. The van der Waals surface area contributed by atoms with E-state index in [0.717, 1.165) is 16.7 Å². The zero-order valence-electron chi connectivity index (χ0n) is 19.7. The van der Waals surface area contributed by atoms with Gasteiger partial charge >= 0.3 is 0 Å². The third kappa shape index (κ3) is 6.15. The van der Waals surface area contributed by atoms with Gasteiger partial charge in [0.05, 0.1) is 26.2 Å². The van der Waals surface area contributed by atoms with Gasteiger partial charge in [0.15, 0.2) is 11.5 Å². The Morgan fingerprint density at radius 3 is 2.29 bits per heavy atom. The van der Waals surface area contributed by atoms with Gasteiger partial charge in [0, 0.05) is 18.7 Å². The van der Waals surface area contributed by atoms with Crippen LogP contribution in [0.2, 0.25) is 0 Å². The molecule has 0 aliphatic carbocycles. The number of carbonyl (C=O) groups excluding carboxylic acids is 3. The van der Waals surface area contributed by atoms with Crippen LogP contribution < -0.4 is 24.3 Å². The molecule has 2 aromatic carbocycles. The van der Waals surface area contributed by atoms with Gasteiger partial charge in [-0.05, 0) is 59.8 Å². The van der Waals surface area contributed by atoms with Gasteiger partial charge in [-0.1, -0.05) is 12.7 Å². The van der Waals surface area contributed by atoms with Crippen LogP contribution in [-0.4, -0.2) is 63.0 Å². The lowest BCUT2D eigenvalue weighted by molar-refractivity contribution is -0.122. The first-order valence-electron chi connectivity index (χ1n) is 10.6. The standard InChI is InChI=1S/C25H26N2O7S/c1-5-12-34-18-8-6-17(7-9-18)23(28)26-10-11-27-24(29)21(35-25(27)30)15-16-13-19(31-2)22(33-4)20(14-16)32-3/h5-9,13-15H,1,10-12H2,2-4H3,(H,26,28)/b21-15-. The first kappa shape index (κ1) is 25.7. The van der Waals surface area contributed by atoms with E-state index in [1.54, 1.807) is 48.6 Å². The van der Waals surface area contributed by atoms with Gasteiger partial charge in [-0.15, -0.1) is 0 Å². The van der Waals surface area contributed by atoms with Gasteiger partial charge in [0.25, 0.3) is 17.1 Å². The van der Waals surface area contributed by atoms with E-state index in [2.05, 4.69) is 11.9 Å². The van der Waals surface area contributed by atoms with Crippen LogP contribution in [0, 0.1) is 0 Å². The Morgan fingerprint density at radius 2 is 1.71 bits per heavy atom. The molecule has 1 aliphatic rings. The van der Waals surface area contributed by atoms with Crippen LogP contribution in [0.15, 0.2) is 54.0 Å². The van der Waals surface area contributed by atoms with Crippen molar-refractivity contribution in [3.8, 4) is 23.0 Å². The van der Waals surface area contributed by atoms with Crippen molar-refractivity contribution >= 4 is 34.9 Å². The summed E-state index contributed by atoms with van der Waals surface area (Å²) >= 11 is 0.829.